The van der Waals surface area contributed by atoms with Crippen LogP contribution in [-0.4, -0.2) is 22.9 Å². The highest BCUT2D eigenvalue weighted by Gasteiger charge is 2.23. The van der Waals surface area contributed by atoms with Crippen molar-refractivity contribution in [3.8, 4) is 0 Å². The van der Waals surface area contributed by atoms with Crippen LogP contribution in [0.2, 0.25) is 0 Å². The third-order valence-corrected chi connectivity index (χ3v) is 6.89. The van der Waals surface area contributed by atoms with Crippen molar-refractivity contribution in [3.05, 3.63) is 0 Å². The van der Waals surface area contributed by atoms with E-state index in [-0.39, 0.29) is 6.10 Å². The molecule has 2 nitrogen and oxygen atoms in total. The Balaban J connectivity index is 4.25. The minimum atomic E-state index is -0.171. The summed E-state index contributed by atoms with van der Waals surface area (Å²) < 4.78 is 0. The first-order valence-corrected chi connectivity index (χ1v) is 12.2. The first-order chi connectivity index (χ1) is 13.0. The molecule has 0 aromatic rings. The molecular weight excluding hydrogens is 344 g/mol. The van der Waals surface area contributed by atoms with Gasteiger partial charge in [-0.2, -0.15) is 0 Å². The second-order valence-electron chi connectivity index (χ2n) is 11.2. The molecule has 0 spiro atoms. The molecule has 170 valence electrons. The lowest BCUT2D eigenvalue weighted by Crippen LogP contribution is -2.24. The summed E-state index contributed by atoms with van der Waals surface area (Å²) in [6, 6.07) is 0. The van der Waals surface area contributed by atoms with Gasteiger partial charge in [-0.25, -0.2) is 0 Å². The van der Waals surface area contributed by atoms with Gasteiger partial charge in [-0.1, -0.05) is 62.3 Å². The molecule has 0 aliphatic heterocycles. The normalized spacial score (nSPS) is 21.0. The minimum Gasteiger partial charge on any atom is -0.396 e. The lowest BCUT2D eigenvalue weighted by atomic mass is 9.80. The number of aliphatic hydroxyl groups is 2. The third-order valence-electron chi connectivity index (χ3n) is 6.89. The van der Waals surface area contributed by atoms with Crippen LogP contribution in [0.25, 0.3) is 0 Å². The predicted octanol–water partition coefficient (Wildman–Crippen LogP) is 7.18. The molecule has 0 rings (SSSR count). The zero-order valence-corrected chi connectivity index (χ0v) is 20.7. The smallest absolute Gasteiger partial charge is 0.0568 e. The molecule has 0 saturated carbocycles. The Kier molecular flexibility index (Phi) is 14.8. The largest absolute Gasteiger partial charge is 0.396 e. The number of rotatable bonds is 16. The second kappa shape index (κ2) is 14.8. The maximum absolute atomic E-state index is 10.7. The van der Waals surface area contributed by atoms with Crippen molar-refractivity contribution >= 4 is 0 Å². The van der Waals surface area contributed by atoms with Gasteiger partial charge in [0.1, 0.15) is 0 Å². The van der Waals surface area contributed by atoms with E-state index in [1.807, 2.05) is 0 Å². The average Bonchev–Trinajstić information content (AvgIpc) is 2.53. The number of aliphatic hydroxyl groups excluding tert-OH is 2. The Hall–Kier alpha value is -0.0800. The van der Waals surface area contributed by atoms with Crippen LogP contribution in [0.1, 0.15) is 107 Å². The van der Waals surface area contributed by atoms with Crippen molar-refractivity contribution in [1.82, 2.24) is 0 Å². The lowest BCUT2D eigenvalue weighted by Gasteiger charge is -2.28. The van der Waals surface area contributed by atoms with Crippen LogP contribution in [0, 0.1) is 47.3 Å². The van der Waals surface area contributed by atoms with Gasteiger partial charge in [0, 0.05) is 6.61 Å². The Morgan fingerprint density at radius 2 is 0.929 bits per heavy atom. The van der Waals surface area contributed by atoms with Gasteiger partial charge >= 0.3 is 0 Å². The lowest BCUT2D eigenvalue weighted by molar-refractivity contribution is 0.0737. The van der Waals surface area contributed by atoms with Crippen LogP contribution in [0.4, 0.5) is 0 Å². The van der Waals surface area contributed by atoms with E-state index in [1.54, 1.807) is 0 Å². The van der Waals surface area contributed by atoms with Gasteiger partial charge < -0.3 is 10.2 Å². The van der Waals surface area contributed by atoms with E-state index in [4.69, 9.17) is 5.11 Å². The summed E-state index contributed by atoms with van der Waals surface area (Å²) in [5, 5.41) is 19.9. The fraction of sp³-hybridized carbons (Fsp3) is 1.00. The van der Waals surface area contributed by atoms with Crippen molar-refractivity contribution in [2.45, 2.75) is 113 Å². The highest BCUT2D eigenvalue weighted by atomic mass is 16.3. The van der Waals surface area contributed by atoms with E-state index in [2.05, 4.69) is 62.3 Å². The molecule has 8 atom stereocenters. The fourth-order valence-electron chi connectivity index (χ4n) is 5.35. The molecular formula is C26H54O2. The van der Waals surface area contributed by atoms with Gasteiger partial charge in [-0.15, -0.1) is 0 Å². The van der Waals surface area contributed by atoms with Crippen molar-refractivity contribution in [1.29, 1.82) is 0 Å². The van der Waals surface area contributed by atoms with Gasteiger partial charge in [-0.05, 0) is 92.3 Å². The maximum Gasteiger partial charge on any atom is 0.0568 e. The van der Waals surface area contributed by atoms with Gasteiger partial charge in [0.05, 0.1) is 6.10 Å². The summed E-state index contributed by atoms with van der Waals surface area (Å²) in [7, 11) is 0. The van der Waals surface area contributed by atoms with Crippen LogP contribution in [-0.2, 0) is 0 Å². The number of hydrogen-bond acceptors (Lipinski definition) is 2. The van der Waals surface area contributed by atoms with Crippen LogP contribution < -0.4 is 0 Å². The molecule has 0 aliphatic rings. The molecule has 0 aromatic carbocycles. The van der Waals surface area contributed by atoms with E-state index in [9.17, 15) is 5.11 Å². The van der Waals surface area contributed by atoms with Gasteiger partial charge in [-0.3, -0.25) is 0 Å². The summed E-state index contributed by atoms with van der Waals surface area (Å²) >= 11 is 0. The molecule has 0 heterocycles. The van der Waals surface area contributed by atoms with Crippen molar-refractivity contribution in [2.75, 3.05) is 6.61 Å². The molecule has 0 aromatic heterocycles. The van der Waals surface area contributed by atoms with Gasteiger partial charge in [0.2, 0.25) is 0 Å². The molecule has 2 N–H and O–H groups in total. The van der Waals surface area contributed by atoms with Crippen LogP contribution in [0.5, 0.6) is 0 Å². The topological polar surface area (TPSA) is 40.5 Å². The fourth-order valence-corrected chi connectivity index (χ4v) is 5.35. The Morgan fingerprint density at radius 3 is 1.39 bits per heavy atom. The monoisotopic (exact) mass is 398 g/mol. The van der Waals surface area contributed by atoms with E-state index in [0.717, 1.165) is 31.1 Å². The van der Waals surface area contributed by atoms with E-state index < -0.39 is 0 Å². The second-order valence-corrected chi connectivity index (χ2v) is 11.2. The zero-order chi connectivity index (χ0) is 21.9. The van der Waals surface area contributed by atoms with Crippen LogP contribution in [0.15, 0.2) is 0 Å². The van der Waals surface area contributed by atoms with Gasteiger partial charge in [0.15, 0.2) is 0 Å². The molecule has 0 bridgehead atoms. The molecule has 0 saturated heterocycles. The van der Waals surface area contributed by atoms with Crippen LogP contribution >= 0.6 is 0 Å². The summed E-state index contributed by atoms with van der Waals surface area (Å²) in [6.45, 7) is 21.1. The summed E-state index contributed by atoms with van der Waals surface area (Å²) in [5.41, 5.74) is 0. The molecule has 2 heteroatoms. The van der Waals surface area contributed by atoms with E-state index >= 15 is 0 Å². The maximum atomic E-state index is 10.7. The highest BCUT2D eigenvalue weighted by molar-refractivity contribution is 4.74. The molecule has 28 heavy (non-hydrogen) atoms. The Morgan fingerprint density at radius 1 is 0.500 bits per heavy atom. The Bertz CT molecular complexity index is 367. The first-order valence-electron chi connectivity index (χ1n) is 12.2. The molecule has 0 aliphatic carbocycles. The average molecular weight is 399 g/mol. The predicted molar refractivity (Wildman–Crippen MR) is 124 cm³/mol. The SMILES string of the molecule is CC(C)CC(C)CC(C)CC(C)C(O)CC(C)CC(C)CC(C)C(C)CCO. The van der Waals surface area contributed by atoms with Crippen molar-refractivity contribution < 1.29 is 10.2 Å². The summed E-state index contributed by atoms with van der Waals surface area (Å²) in [6.07, 6.45) is 7.83. The molecule has 8 unspecified atom stereocenters. The quantitative estimate of drug-likeness (QED) is 0.289. The first kappa shape index (κ1) is 27.9. The number of hydrogen-bond donors (Lipinski definition) is 2. The van der Waals surface area contributed by atoms with E-state index in [0.29, 0.717) is 42.1 Å². The van der Waals surface area contributed by atoms with E-state index in [1.165, 1.54) is 25.7 Å². The highest BCUT2D eigenvalue weighted by Crippen LogP contribution is 2.30. The summed E-state index contributed by atoms with van der Waals surface area (Å²) in [5.74, 6) is 5.16. The van der Waals surface area contributed by atoms with Crippen molar-refractivity contribution in [3.63, 3.8) is 0 Å². The Labute approximate surface area is 177 Å². The molecule has 0 radical (unpaired) electrons. The molecule has 0 fully saturated rings. The summed E-state index contributed by atoms with van der Waals surface area (Å²) in [4.78, 5) is 0. The standard InChI is InChI=1S/C26H54O2/c1-18(2)12-19(3)13-21(5)16-25(9)26(28)17-22(6)14-20(4)15-24(8)23(7)10-11-27/h18-28H,10-17H2,1-9H3. The minimum absolute atomic E-state index is 0.171. The third kappa shape index (κ3) is 13.2. The zero-order valence-electron chi connectivity index (χ0n) is 20.7. The van der Waals surface area contributed by atoms with Gasteiger partial charge in [0.25, 0.3) is 0 Å². The van der Waals surface area contributed by atoms with Crippen molar-refractivity contribution in [2.24, 2.45) is 47.3 Å². The van der Waals surface area contributed by atoms with Crippen LogP contribution in [0.3, 0.4) is 0 Å². The molecule has 0 amide bonds.